The summed E-state index contributed by atoms with van der Waals surface area (Å²) in [7, 11) is 0. The third-order valence-electron chi connectivity index (χ3n) is 3.85. The first kappa shape index (κ1) is 14.2. The summed E-state index contributed by atoms with van der Waals surface area (Å²) in [5.41, 5.74) is 2.56. The van der Waals surface area contributed by atoms with E-state index in [1.807, 2.05) is 17.5 Å². The maximum Gasteiger partial charge on any atom is 0.237 e. The Labute approximate surface area is 128 Å². The first-order chi connectivity index (χ1) is 10.2. The number of benzene rings is 1. The third-order valence-corrected chi connectivity index (χ3v) is 4.86. The van der Waals surface area contributed by atoms with E-state index in [0.717, 1.165) is 18.0 Å². The van der Waals surface area contributed by atoms with Gasteiger partial charge in [0.1, 0.15) is 0 Å². The molecule has 0 saturated carbocycles. The largest absolute Gasteiger partial charge is 0.354 e. The quantitative estimate of drug-likeness (QED) is 0.909. The minimum atomic E-state index is -0.136. The second-order valence-electron chi connectivity index (χ2n) is 5.42. The Kier molecular flexibility index (Phi) is 4.31. The fourth-order valence-electron chi connectivity index (χ4n) is 2.58. The SMILES string of the molecule is CC(CNC(=O)C1Cc2ccccc2CN1)c1nccs1. The second kappa shape index (κ2) is 6.37. The Balaban J connectivity index is 1.55. The number of thiazole rings is 1. The fourth-order valence-corrected chi connectivity index (χ4v) is 3.28. The smallest absolute Gasteiger partial charge is 0.237 e. The highest BCUT2D eigenvalue weighted by molar-refractivity contribution is 7.09. The summed E-state index contributed by atoms with van der Waals surface area (Å²) in [5, 5.41) is 9.38. The van der Waals surface area contributed by atoms with Gasteiger partial charge in [-0.3, -0.25) is 4.79 Å². The molecule has 0 radical (unpaired) electrons. The Morgan fingerprint density at radius 1 is 1.48 bits per heavy atom. The number of aromatic nitrogens is 1. The van der Waals surface area contributed by atoms with Crippen molar-refractivity contribution < 1.29 is 4.79 Å². The Hall–Kier alpha value is -1.72. The van der Waals surface area contributed by atoms with E-state index >= 15 is 0 Å². The van der Waals surface area contributed by atoms with Gasteiger partial charge in [0, 0.05) is 30.6 Å². The first-order valence-electron chi connectivity index (χ1n) is 7.21. The van der Waals surface area contributed by atoms with Crippen LogP contribution in [0.25, 0.3) is 0 Å². The number of hydrogen-bond donors (Lipinski definition) is 2. The van der Waals surface area contributed by atoms with E-state index in [2.05, 4.69) is 34.7 Å². The summed E-state index contributed by atoms with van der Waals surface area (Å²) in [6.45, 7) is 3.48. The lowest BCUT2D eigenvalue weighted by Crippen LogP contribution is -2.48. The summed E-state index contributed by atoms with van der Waals surface area (Å²) in [6.07, 6.45) is 2.56. The van der Waals surface area contributed by atoms with Crippen molar-refractivity contribution in [2.45, 2.75) is 31.8 Å². The van der Waals surface area contributed by atoms with Gasteiger partial charge in [-0.25, -0.2) is 4.98 Å². The summed E-state index contributed by atoms with van der Waals surface area (Å²) in [6, 6.07) is 8.15. The number of nitrogens with one attached hydrogen (secondary N) is 2. The van der Waals surface area contributed by atoms with Gasteiger partial charge >= 0.3 is 0 Å². The fraction of sp³-hybridized carbons (Fsp3) is 0.375. The van der Waals surface area contributed by atoms with E-state index in [-0.39, 0.29) is 17.9 Å². The number of nitrogens with zero attached hydrogens (tertiary/aromatic N) is 1. The maximum absolute atomic E-state index is 12.3. The predicted octanol–water partition coefficient (Wildman–Crippen LogP) is 2.08. The molecular weight excluding hydrogens is 282 g/mol. The number of carbonyl (C=O) groups is 1. The molecular formula is C16H19N3OS. The number of fused-ring (bicyclic) bond motifs is 1. The molecule has 0 spiro atoms. The van der Waals surface area contributed by atoms with Crippen molar-refractivity contribution in [3.05, 3.63) is 52.0 Å². The lowest BCUT2D eigenvalue weighted by Gasteiger charge is -2.25. The van der Waals surface area contributed by atoms with Gasteiger partial charge in [0.25, 0.3) is 0 Å². The Morgan fingerprint density at radius 2 is 2.29 bits per heavy atom. The van der Waals surface area contributed by atoms with Crippen molar-refractivity contribution in [3.8, 4) is 0 Å². The van der Waals surface area contributed by atoms with Crippen LogP contribution in [0, 0.1) is 0 Å². The van der Waals surface area contributed by atoms with Crippen LogP contribution in [0.5, 0.6) is 0 Å². The Morgan fingerprint density at radius 3 is 3.05 bits per heavy atom. The van der Waals surface area contributed by atoms with Crippen LogP contribution in [0.4, 0.5) is 0 Å². The van der Waals surface area contributed by atoms with E-state index < -0.39 is 0 Å². The summed E-state index contributed by atoms with van der Waals surface area (Å²) < 4.78 is 0. The van der Waals surface area contributed by atoms with E-state index in [1.165, 1.54) is 11.1 Å². The van der Waals surface area contributed by atoms with Gasteiger partial charge in [0.05, 0.1) is 11.0 Å². The van der Waals surface area contributed by atoms with Gasteiger partial charge in [-0.2, -0.15) is 0 Å². The van der Waals surface area contributed by atoms with Gasteiger partial charge in [-0.15, -0.1) is 11.3 Å². The summed E-state index contributed by atoms with van der Waals surface area (Å²) in [4.78, 5) is 16.6. The molecule has 0 fully saturated rings. The number of carbonyl (C=O) groups excluding carboxylic acids is 1. The third kappa shape index (κ3) is 3.31. The standard InChI is InChI=1S/C16H19N3OS/c1-11(16-17-6-7-21-16)9-19-15(20)14-8-12-4-2-3-5-13(12)10-18-14/h2-7,11,14,18H,8-10H2,1H3,(H,19,20). The molecule has 1 aromatic heterocycles. The highest BCUT2D eigenvalue weighted by Gasteiger charge is 2.24. The van der Waals surface area contributed by atoms with Crippen LogP contribution in [-0.4, -0.2) is 23.5 Å². The summed E-state index contributed by atoms with van der Waals surface area (Å²) in [5.74, 6) is 0.331. The minimum Gasteiger partial charge on any atom is -0.354 e. The molecule has 21 heavy (non-hydrogen) atoms. The van der Waals surface area contributed by atoms with E-state index in [4.69, 9.17) is 0 Å². The number of amides is 1. The molecule has 0 saturated heterocycles. The molecule has 110 valence electrons. The molecule has 0 bridgehead atoms. The molecule has 2 unspecified atom stereocenters. The number of rotatable bonds is 4. The number of hydrogen-bond acceptors (Lipinski definition) is 4. The van der Waals surface area contributed by atoms with Crippen molar-refractivity contribution in [1.29, 1.82) is 0 Å². The molecule has 1 amide bonds. The molecule has 0 aliphatic carbocycles. The normalized spacial score (nSPS) is 18.8. The van der Waals surface area contributed by atoms with Crippen molar-refractivity contribution in [2.75, 3.05) is 6.54 Å². The van der Waals surface area contributed by atoms with Crippen LogP contribution in [0.1, 0.15) is 29.0 Å². The van der Waals surface area contributed by atoms with Gasteiger partial charge in [-0.1, -0.05) is 31.2 Å². The van der Waals surface area contributed by atoms with Crippen molar-refractivity contribution in [1.82, 2.24) is 15.6 Å². The average Bonchev–Trinajstić information content (AvgIpc) is 3.06. The molecule has 1 aliphatic heterocycles. The van der Waals surface area contributed by atoms with Crippen LogP contribution in [0.15, 0.2) is 35.8 Å². The van der Waals surface area contributed by atoms with Crippen LogP contribution in [-0.2, 0) is 17.8 Å². The highest BCUT2D eigenvalue weighted by Crippen LogP contribution is 2.18. The van der Waals surface area contributed by atoms with E-state index in [1.54, 1.807) is 17.5 Å². The molecule has 5 heteroatoms. The molecule has 2 N–H and O–H groups in total. The zero-order valence-corrected chi connectivity index (χ0v) is 12.8. The first-order valence-corrected chi connectivity index (χ1v) is 8.09. The van der Waals surface area contributed by atoms with Gasteiger partial charge in [0.2, 0.25) is 5.91 Å². The maximum atomic E-state index is 12.3. The molecule has 2 atom stereocenters. The van der Waals surface area contributed by atoms with Crippen LogP contribution in [0.3, 0.4) is 0 Å². The summed E-state index contributed by atoms with van der Waals surface area (Å²) >= 11 is 1.63. The molecule has 1 aromatic carbocycles. The van der Waals surface area contributed by atoms with Gasteiger partial charge < -0.3 is 10.6 Å². The van der Waals surface area contributed by atoms with Gasteiger partial charge in [0.15, 0.2) is 0 Å². The van der Waals surface area contributed by atoms with Crippen LogP contribution >= 0.6 is 11.3 Å². The lowest BCUT2D eigenvalue weighted by atomic mass is 9.95. The minimum absolute atomic E-state index is 0.0768. The van der Waals surface area contributed by atoms with E-state index in [9.17, 15) is 4.79 Å². The molecule has 1 aliphatic rings. The second-order valence-corrected chi connectivity index (χ2v) is 6.35. The van der Waals surface area contributed by atoms with Crippen LogP contribution < -0.4 is 10.6 Å². The molecule has 2 heterocycles. The van der Waals surface area contributed by atoms with Crippen molar-refractivity contribution in [3.63, 3.8) is 0 Å². The lowest BCUT2D eigenvalue weighted by molar-refractivity contribution is -0.123. The Bertz CT molecular complexity index is 612. The topological polar surface area (TPSA) is 54.0 Å². The van der Waals surface area contributed by atoms with Crippen LogP contribution in [0.2, 0.25) is 0 Å². The van der Waals surface area contributed by atoms with E-state index in [0.29, 0.717) is 6.54 Å². The zero-order valence-electron chi connectivity index (χ0n) is 12.0. The van der Waals surface area contributed by atoms with Crippen molar-refractivity contribution in [2.24, 2.45) is 0 Å². The molecule has 3 rings (SSSR count). The molecule has 4 nitrogen and oxygen atoms in total. The predicted molar refractivity (Wildman–Crippen MR) is 84.3 cm³/mol. The average molecular weight is 301 g/mol. The highest BCUT2D eigenvalue weighted by atomic mass is 32.1. The monoisotopic (exact) mass is 301 g/mol. The van der Waals surface area contributed by atoms with Gasteiger partial charge in [-0.05, 0) is 17.5 Å². The molecule has 2 aromatic rings. The zero-order chi connectivity index (χ0) is 14.7. The van der Waals surface area contributed by atoms with Crippen molar-refractivity contribution >= 4 is 17.2 Å².